The number of carbonyl (C=O) groups is 1. The van der Waals surface area contributed by atoms with Crippen molar-refractivity contribution in [2.24, 2.45) is 0 Å². The van der Waals surface area contributed by atoms with E-state index >= 15 is 0 Å². The number of carboxylic acid groups (broad SMARTS) is 1. The number of carbonyl (C=O) groups excluding carboxylic acids is 1. The number of hydrogen-bond donors (Lipinski definition) is 0. The van der Waals surface area contributed by atoms with Crippen molar-refractivity contribution in [3.8, 4) is 11.5 Å². The minimum absolute atomic E-state index is 0.0456. The highest BCUT2D eigenvalue weighted by molar-refractivity contribution is 5.87. The first-order valence-electron chi connectivity index (χ1n) is 4.04. The van der Waals surface area contributed by atoms with Crippen molar-refractivity contribution in [2.45, 2.75) is 6.92 Å². The summed E-state index contributed by atoms with van der Waals surface area (Å²) >= 11 is 0. The highest BCUT2D eigenvalue weighted by Crippen LogP contribution is 2.28. The molecule has 1 rings (SSSR count). The zero-order chi connectivity index (χ0) is 10.7. The van der Waals surface area contributed by atoms with Crippen LogP contribution in [0.15, 0.2) is 12.1 Å². The van der Waals surface area contributed by atoms with E-state index in [1.807, 2.05) is 0 Å². The van der Waals surface area contributed by atoms with Crippen molar-refractivity contribution in [3.05, 3.63) is 23.3 Å². The van der Waals surface area contributed by atoms with Gasteiger partial charge in [0.1, 0.15) is 11.5 Å². The molecule has 14 heavy (non-hydrogen) atoms. The van der Waals surface area contributed by atoms with Crippen LogP contribution in [0, 0.1) is 6.92 Å². The molecule has 0 fully saturated rings. The molecule has 0 aromatic heterocycles. The van der Waals surface area contributed by atoms with Gasteiger partial charge in [0.15, 0.2) is 0 Å². The van der Waals surface area contributed by atoms with Crippen LogP contribution in [0.4, 0.5) is 0 Å². The number of hydrogen-bond acceptors (Lipinski definition) is 4. The smallest absolute Gasteiger partial charge is 0.126 e. The Morgan fingerprint density at radius 3 is 1.93 bits per heavy atom. The zero-order valence-electron chi connectivity index (χ0n) is 8.29. The van der Waals surface area contributed by atoms with Crippen LogP contribution in [0.25, 0.3) is 0 Å². The number of carboxylic acids is 1. The summed E-state index contributed by atoms with van der Waals surface area (Å²) in [5.41, 5.74) is 0.810. The fourth-order valence-corrected chi connectivity index (χ4v) is 1.20. The second kappa shape index (κ2) is 4.00. The van der Waals surface area contributed by atoms with Gasteiger partial charge in [-0.3, -0.25) is 0 Å². The van der Waals surface area contributed by atoms with Gasteiger partial charge in [0.05, 0.1) is 20.2 Å². The summed E-state index contributed by atoms with van der Waals surface area (Å²) in [7, 11) is 2.95. The first-order valence-corrected chi connectivity index (χ1v) is 4.04. The Bertz CT molecular complexity index is 332. The summed E-state index contributed by atoms with van der Waals surface area (Å²) in [4.78, 5) is 10.6. The molecule has 1 aromatic rings. The highest BCUT2D eigenvalue weighted by Gasteiger charge is 2.08. The van der Waals surface area contributed by atoms with Crippen LogP contribution in [0.3, 0.4) is 0 Å². The Hall–Kier alpha value is -1.71. The van der Waals surface area contributed by atoms with Gasteiger partial charge >= 0.3 is 0 Å². The third-order valence-electron chi connectivity index (χ3n) is 1.99. The van der Waals surface area contributed by atoms with E-state index in [2.05, 4.69) is 0 Å². The first-order chi connectivity index (χ1) is 6.60. The molecule has 0 bridgehead atoms. The normalized spacial score (nSPS) is 9.64. The van der Waals surface area contributed by atoms with Crippen LogP contribution < -0.4 is 14.6 Å². The van der Waals surface area contributed by atoms with E-state index in [9.17, 15) is 9.90 Å². The van der Waals surface area contributed by atoms with Gasteiger partial charge in [-0.1, -0.05) is 0 Å². The van der Waals surface area contributed by atoms with E-state index in [4.69, 9.17) is 9.47 Å². The topological polar surface area (TPSA) is 58.6 Å². The number of methoxy groups -OCH3 is 2. The molecule has 0 atom stereocenters. The molecule has 0 amide bonds. The summed E-state index contributed by atoms with van der Waals surface area (Å²) < 4.78 is 10.0. The molecule has 0 radical (unpaired) electrons. The summed E-state index contributed by atoms with van der Waals surface area (Å²) in [6.45, 7) is 1.79. The van der Waals surface area contributed by atoms with Crippen LogP contribution >= 0.6 is 0 Å². The summed E-state index contributed by atoms with van der Waals surface area (Å²) in [5.74, 6) is -0.297. The van der Waals surface area contributed by atoms with Crippen molar-refractivity contribution in [2.75, 3.05) is 14.2 Å². The molecule has 0 aliphatic heterocycles. The summed E-state index contributed by atoms with van der Waals surface area (Å²) in [6.07, 6.45) is 0. The lowest BCUT2D eigenvalue weighted by Crippen LogP contribution is -2.22. The molecule has 4 nitrogen and oxygen atoms in total. The summed E-state index contributed by atoms with van der Waals surface area (Å²) in [6, 6.07) is 2.82. The fraction of sp³-hybridized carbons (Fsp3) is 0.300. The third kappa shape index (κ3) is 1.79. The van der Waals surface area contributed by atoms with E-state index in [-0.39, 0.29) is 5.56 Å². The summed E-state index contributed by atoms with van der Waals surface area (Å²) in [5, 5.41) is 10.6. The van der Waals surface area contributed by atoms with Crippen LogP contribution in [-0.2, 0) is 0 Å². The second-order valence-corrected chi connectivity index (χ2v) is 2.79. The van der Waals surface area contributed by atoms with Gasteiger partial charge in [-0.2, -0.15) is 0 Å². The molecule has 0 saturated carbocycles. The molecule has 0 spiro atoms. The molecule has 0 saturated heterocycles. The van der Waals surface area contributed by atoms with E-state index in [1.54, 1.807) is 6.92 Å². The van der Waals surface area contributed by atoms with E-state index in [0.29, 0.717) is 11.5 Å². The van der Waals surface area contributed by atoms with Crippen LogP contribution in [-0.4, -0.2) is 20.2 Å². The highest BCUT2D eigenvalue weighted by atomic mass is 16.5. The van der Waals surface area contributed by atoms with Gasteiger partial charge in [-0.15, -0.1) is 0 Å². The zero-order valence-corrected chi connectivity index (χ0v) is 8.29. The predicted molar refractivity (Wildman–Crippen MR) is 48.6 cm³/mol. The van der Waals surface area contributed by atoms with Crippen molar-refractivity contribution < 1.29 is 19.4 Å². The van der Waals surface area contributed by atoms with E-state index in [0.717, 1.165) is 5.56 Å². The largest absolute Gasteiger partial charge is 0.545 e. The standard InChI is InChI=1S/C10H12O4/c1-6-8(13-2)4-7(10(11)12)5-9(6)14-3/h4-5H,1-3H3,(H,11,12)/p-1. The number of benzene rings is 1. The maximum absolute atomic E-state index is 10.6. The van der Waals surface area contributed by atoms with Crippen LogP contribution in [0.2, 0.25) is 0 Å². The number of ether oxygens (including phenoxy) is 2. The fourth-order valence-electron chi connectivity index (χ4n) is 1.20. The first kappa shape index (κ1) is 10.4. The Balaban J connectivity index is 3.32. The van der Waals surface area contributed by atoms with E-state index < -0.39 is 5.97 Å². The van der Waals surface area contributed by atoms with Gasteiger partial charge in [0.25, 0.3) is 0 Å². The van der Waals surface area contributed by atoms with E-state index in [1.165, 1.54) is 26.4 Å². The van der Waals surface area contributed by atoms with Gasteiger partial charge in [0, 0.05) is 11.1 Å². The minimum atomic E-state index is -1.25. The molecule has 76 valence electrons. The number of aromatic carboxylic acids is 1. The lowest BCUT2D eigenvalue weighted by atomic mass is 10.1. The van der Waals surface area contributed by atoms with Gasteiger partial charge in [0.2, 0.25) is 0 Å². The van der Waals surface area contributed by atoms with Gasteiger partial charge in [-0.05, 0) is 19.1 Å². The molecule has 0 aliphatic rings. The Labute approximate surface area is 82.1 Å². The lowest BCUT2D eigenvalue weighted by Gasteiger charge is -2.12. The molecule has 0 unspecified atom stereocenters. The lowest BCUT2D eigenvalue weighted by molar-refractivity contribution is -0.255. The second-order valence-electron chi connectivity index (χ2n) is 2.79. The van der Waals surface area contributed by atoms with Crippen LogP contribution in [0.1, 0.15) is 15.9 Å². The molecular formula is C10H11O4-. The maximum atomic E-state index is 10.6. The van der Waals surface area contributed by atoms with Gasteiger partial charge in [-0.25, -0.2) is 0 Å². The predicted octanol–water partition coefficient (Wildman–Crippen LogP) is 0.376. The minimum Gasteiger partial charge on any atom is -0.545 e. The Morgan fingerprint density at radius 1 is 1.21 bits per heavy atom. The molecule has 0 heterocycles. The van der Waals surface area contributed by atoms with Crippen LogP contribution in [0.5, 0.6) is 11.5 Å². The Morgan fingerprint density at radius 2 is 1.64 bits per heavy atom. The van der Waals surface area contributed by atoms with Gasteiger partial charge < -0.3 is 19.4 Å². The van der Waals surface area contributed by atoms with Crippen molar-refractivity contribution >= 4 is 5.97 Å². The SMILES string of the molecule is COc1cc(C(=O)[O-])cc(OC)c1C. The molecule has 0 N–H and O–H groups in total. The molecule has 0 aliphatic carbocycles. The Kier molecular flexibility index (Phi) is 2.96. The average molecular weight is 195 g/mol. The molecule has 1 aromatic carbocycles. The average Bonchev–Trinajstić information content (AvgIpc) is 2.17. The third-order valence-corrected chi connectivity index (χ3v) is 1.99. The maximum Gasteiger partial charge on any atom is 0.126 e. The molecule has 4 heteroatoms. The van der Waals surface area contributed by atoms with Crippen molar-refractivity contribution in [1.29, 1.82) is 0 Å². The van der Waals surface area contributed by atoms with Crippen molar-refractivity contribution in [1.82, 2.24) is 0 Å². The molecular weight excluding hydrogens is 184 g/mol. The quantitative estimate of drug-likeness (QED) is 0.699. The van der Waals surface area contributed by atoms with Crippen molar-refractivity contribution in [3.63, 3.8) is 0 Å². The monoisotopic (exact) mass is 195 g/mol. The number of rotatable bonds is 3.